The summed E-state index contributed by atoms with van der Waals surface area (Å²) >= 11 is 8.29. The summed E-state index contributed by atoms with van der Waals surface area (Å²) in [6.45, 7) is 7.85. The fourth-order valence-corrected chi connectivity index (χ4v) is 4.44. The summed E-state index contributed by atoms with van der Waals surface area (Å²) in [5, 5.41) is 5.84. The van der Waals surface area contributed by atoms with Crippen LogP contribution in [0, 0.1) is 0 Å². The van der Waals surface area contributed by atoms with Gasteiger partial charge in [-0.05, 0) is 36.6 Å². The van der Waals surface area contributed by atoms with Gasteiger partial charge in [0.2, 0.25) is 0 Å². The molecule has 2 atom stereocenters. The van der Waals surface area contributed by atoms with Gasteiger partial charge in [-0.25, -0.2) is 0 Å². The zero-order valence-corrected chi connectivity index (χ0v) is 13.8. The highest BCUT2D eigenvalue weighted by molar-refractivity contribution is 8.00. The van der Waals surface area contributed by atoms with Crippen molar-refractivity contribution in [2.75, 3.05) is 18.0 Å². The maximum Gasteiger partial charge on any atom is 0.0413 e. The normalized spacial score (nSPS) is 26.9. The number of benzene rings is 1. The molecule has 110 valence electrons. The molecule has 1 aliphatic carbocycles. The zero-order chi connectivity index (χ0) is 14.1. The Morgan fingerprint density at radius 3 is 2.60 bits per heavy atom. The van der Waals surface area contributed by atoms with Crippen LogP contribution in [0.15, 0.2) is 18.2 Å². The first kappa shape index (κ1) is 14.6. The highest BCUT2D eigenvalue weighted by Crippen LogP contribution is 2.32. The Morgan fingerprint density at radius 2 is 1.95 bits per heavy atom. The predicted octanol–water partition coefficient (Wildman–Crippen LogP) is 3.92. The van der Waals surface area contributed by atoms with Crippen LogP contribution in [0.2, 0.25) is 5.02 Å². The number of hydrogen-bond acceptors (Lipinski definition) is 3. The Hall–Kier alpha value is -0.380. The van der Waals surface area contributed by atoms with Crippen molar-refractivity contribution < 1.29 is 0 Å². The van der Waals surface area contributed by atoms with Crippen LogP contribution in [0.4, 0.5) is 5.69 Å². The minimum atomic E-state index is 0.693. The van der Waals surface area contributed by atoms with Crippen LogP contribution >= 0.6 is 23.4 Å². The monoisotopic (exact) mass is 310 g/mol. The summed E-state index contributed by atoms with van der Waals surface area (Å²) in [5.74, 6) is 0. The van der Waals surface area contributed by atoms with Gasteiger partial charge in [0.15, 0.2) is 0 Å². The second-order valence-corrected chi connectivity index (χ2v) is 8.41. The maximum absolute atomic E-state index is 6.19. The molecule has 4 heteroatoms. The van der Waals surface area contributed by atoms with E-state index in [0.717, 1.165) is 30.7 Å². The Bertz CT molecular complexity index is 466. The van der Waals surface area contributed by atoms with E-state index in [1.54, 1.807) is 0 Å². The molecule has 20 heavy (non-hydrogen) atoms. The van der Waals surface area contributed by atoms with Gasteiger partial charge in [-0.2, -0.15) is 11.8 Å². The molecule has 0 aromatic heterocycles. The fraction of sp³-hybridized carbons (Fsp3) is 0.625. The van der Waals surface area contributed by atoms with E-state index in [-0.39, 0.29) is 0 Å². The van der Waals surface area contributed by atoms with Gasteiger partial charge in [0.25, 0.3) is 0 Å². The second-order valence-electron chi connectivity index (χ2n) is 6.09. The average Bonchev–Trinajstić information content (AvgIpc) is 3.19. The van der Waals surface area contributed by atoms with Gasteiger partial charge >= 0.3 is 0 Å². The molecule has 3 rings (SSSR count). The lowest BCUT2D eigenvalue weighted by atomic mass is 10.1. The average molecular weight is 311 g/mol. The van der Waals surface area contributed by atoms with Gasteiger partial charge in [0.1, 0.15) is 0 Å². The second kappa shape index (κ2) is 6.17. The highest BCUT2D eigenvalue weighted by Gasteiger charge is 2.25. The molecule has 1 heterocycles. The lowest BCUT2D eigenvalue weighted by Gasteiger charge is -2.37. The molecular formula is C16H23ClN2S. The zero-order valence-electron chi connectivity index (χ0n) is 12.2. The Morgan fingerprint density at radius 1 is 1.25 bits per heavy atom. The van der Waals surface area contributed by atoms with E-state index in [2.05, 4.69) is 48.0 Å². The van der Waals surface area contributed by atoms with Gasteiger partial charge in [-0.1, -0.05) is 25.4 Å². The SMILES string of the molecule is CC1CN(c2ccc(Cl)cc2CNC2CC2)CC(C)S1. The lowest BCUT2D eigenvalue weighted by Crippen LogP contribution is -2.41. The molecule has 1 aromatic rings. The molecule has 1 N–H and O–H groups in total. The smallest absolute Gasteiger partial charge is 0.0413 e. The number of hydrogen-bond donors (Lipinski definition) is 1. The van der Waals surface area contributed by atoms with E-state index >= 15 is 0 Å². The first-order valence-electron chi connectivity index (χ1n) is 7.54. The Labute approximate surface area is 131 Å². The number of anilines is 1. The minimum Gasteiger partial charge on any atom is -0.369 e. The quantitative estimate of drug-likeness (QED) is 0.907. The Kier molecular flexibility index (Phi) is 4.49. The molecule has 1 saturated heterocycles. The maximum atomic E-state index is 6.19. The number of thioether (sulfide) groups is 1. The van der Waals surface area contributed by atoms with E-state index in [1.165, 1.54) is 24.1 Å². The van der Waals surface area contributed by atoms with Crippen LogP contribution in [0.25, 0.3) is 0 Å². The summed E-state index contributed by atoms with van der Waals surface area (Å²) < 4.78 is 0. The van der Waals surface area contributed by atoms with Crippen LogP contribution in [-0.2, 0) is 6.54 Å². The largest absolute Gasteiger partial charge is 0.369 e. The van der Waals surface area contributed by atoms with Crippen molar-refractivity contribution in [3.63, 3.8) is 0 Å². The van der Waals surface area contributed by atoms with Crippen molar-refractivity contribution in [3.8, 4) is 0 Å². The molecule has 2 fully saturated rings. The van der Waals surface area contributed by atoms with E-state index in [9.17, 15) is 0 Å². The van der Waals surface area contributed by atoms with Crippen LogP contribution in [0.1, 0.15) is 32.3 Å². The van der Waals surface area contributed by atoms with Crippen LogP contribution in [-0.4, -0.2) is 29.6 Å². The van der Waals surface area contributed by atoms with Crippen LogP contribution in [0.3, 0.4) is 0 Å². The molecule has 1 aliphatic heterocycles. The summed E-state index contributed by atoms with van der Waals surface area (Å²) in [4.78, 5) is 2.53. The summed E-state index contributed by atoms with van der Waals surface area (Å²) in [5.41, 5.74) is 2.71. The molecule has 1 aromatic carbocycles. The Balaban J connectivity index is 1.79. The molecule has 2 aliphatic rings. The van der Waals surface area contributed by atoms with Crippen molar-refractivity contribution in [1.29, 1.82) is 0 Å². The van der Waals surface area contributed by atoms with Gasteiger partial charge in [-0.15, -0.1) is 0 Å². The van der Waals surface area contributed by atoms with Crippen molar-refractivity contribution in [2.24, 2.45) is 0 Å². The lowest BCUT2D eigenvalue weighted by molar-refractivity contribution is 0.676. The van der Waals surface area contributed by atoms with E-state index in [4.69, 9.17) is 11.6 Å². The number of nitrogens with zero attached hydrogens (tertiary/aromatic N) is 1. The van der Waals surface area contributed by atoms with Crippen molar-refractivity contribution >= 4 is 29.1 Å². The summed E-state index contributed by atoms with van der Waals surface area (Å²) in [6.07, 6.45) is 2.65. The van der Waals surface area contributed by atoms with E-state index in [1.807, 2.05) is 6.07 Å². The fourth-order valence-electron chi connectivity index (χ4n) is 2.92. The van der Waals surface area contributed by atoms with Gasteiger partial charge in [-0.3, -0.25) is 0 Å². The summed E-state index contributed by atoms with van der Waals surface area (Å²) in [6, 6.07) is 7.08. The van der Waals surface area contributed by atoms with Crippen LogP contribution in [0.5, 0.6) is 0 Å². The molecular weight excluding hydrogens is 288 g/mol. The number of rotatable bonds is 4. The molecule has 0 amide bonds. The van der Waals surface area contributed by atoms with Crippen molar-refractivity contribution in [1.82, 2.24) is 5.32 Å². The number of nitrogens with one attached hydrogen (secondary N) is 1. The third kappa shape index (κ3) is 3.63. The van der Waals surface area contributed by atoms with E-state index < -0.39 is 0 Å². The van der Waals surface area contributed by atoms with Crippen LogP contribution < -0.4 is 10.2 Å². The molecule has 2 unspecified atom stereocenters. The first-order valence-corrected chi connectivity index (χ1v) is 8.86. The molecule has 2 nitrogen and oxygen atoms in total. The molecule has 0 bridgehead atoms. The molecule has 0 radical (unpaired) electrons. The third-order valence-corrected chi connectivity index (χ3v) is 5.42. The standard InChI is InChI=1S/C16H23ClN2S/c1-11-9-19(10-12(2)20-11)16-6-3-14(17)7-13(16)8-18-15-4-5-15/h3,6-7,11-12,15,18H,4-5,8-10H2,1-2H3. The van der Waals surface area contributed by atoms with Gasteiger partial charge in [0, 0.05) is 46.9 Å². The van der Waals surface area contributed by atoms with Gasteiger partial charge < -0.3 is 10.2 Å². The third-order valence-electron chi connectivity index (χ3n) is 3.96. The van der Waals surface area contributed by atoms with Gasteiger partial charge in [0.05, 0.1) is 0 Å². The van der Waals surface area contributed by atoms with Crippen molar-refractivity contribution in [2.45, 2.75) is 49.8 Å². The van der Waals surface area contributed by atoms with Crippen molar-refractivity contribution in [3.05, 3.63) is 28.8 Å². The topological polar surface area (TPSA) is 15.3 Å². The minimum absolute atomic E-state index is 0.693. The predicted molar refractivity (Wildman–Crippen MR) is 90.0 cm³/mol. The highest BCUT2D eigenvalue weighted by atomic mass is 35.5. The number of halogens is 1. The molecule has 1 saturated carbocycles. The van der Waals surface area contributed by atoms with E-state index in [0.29, 0.717) is 10.5 Å². The summed E-state index contributed by atoms with van der Waals surface area (Å²) in [7, 11) is 0. The molecule has 0 spiro atoms. The first-order chi connectivity index (χ1) is 9.61.